The molecule has 10 nitrogen and oxygen atoms in total. The molecule has 0 aliphatic carbocycles. The number of carboxylic acids is 2. The first kappa shape index (κ1) is 35.0. The summed E-state index contributed by atoms with van der Waals surface area (Å²) in [5, 5.41) is 14.2. The average Bonchev–Trinajstić information content (AvgIpc) is 3.31. The van der Waals surface area contributed by atoms with Crippen molar-refractivity contribution in [1.29, 1.82) is 0 Å². The maximum absolute atomic E-state index is 12.7. The third-order valence-corrected chi connectivity index (χ3v) is 8.94. The molecular weight excluding hydrogens is 598 g/mol. The van der Waals surface area contributed by atoms with Crippen LogP contribution in [0.4, 0.5) is 26.3 Å². The van der Waals surface area contributed by atoms with Crippen molar-refractivity contribution in [2.75, 3.05) is 32.4 Å². The number of nitrogens with zero attached hydrogens (tertiary/aromatic N) is 4. The standard InChI is InChI=1S/C21H30N4O2S.2C2HF3O2/c1-17(2)16-28(26,27)24-11-9-21(10-12-24)20-22-15-19(18-7-5-4-6-8-18)25(20)14-13-23(21)3;2*3-2(4,5)1(6)7/h4-8,15,17H,9-14,16H2,1-3H3;2*(H,6,7). The van der Waals surface area contributed by atoms with E-state index in [1.807, 2.05) is 26.1 Å². The van der Waals surface area contributed by atoms with Crippen LogP contribution >= 0.6 is 0 Å². The lowest BCUT2D eigenvalue weighted by atomic mass is 9.84. The van der Waals surface area contributed by atoms with Gasteiger partial charge in [0.05, 0.1) is 23.2 Å². The van der Waals surface area contributed by atoms with Crippen LogP contribution in [0.2, 0.25) is 0 Å². The lowest BCUT2D eigenvalue weighted by Crippen LogP contribution is -2.57. The number of piperidine rings is 1. The van der Waals surface area contributed by atoms with Crippen molar-refractivity contribution < 1.29 is 54.6 Å². The van der Waals surface area contributed by atoms with E-state index >= 15 is 0 Å². The van der Waals surface area contributed by atoms with Crippen LogP contribution in [0, 0.1) is 5.92 Å². The first-order valence-corrected chi connectivity index (χ1v) is 14.2. The van der Waals surface area contributed by atoms with Crippen molar-refractivity contribution >= 4 is 22.0 Å². The SMILES string of the molecule is CC(C)CS(=O)(=O)N1CCC2(CC1)c1ncc(-c3ccccc3)n1CCN2C.O=C(O)C(F)(F)F.O=C(O)C(F)(F)F. The van der Waals surface area contributed by atoms with Gasteiger partial charge in [-0.25, -0.2) is 27.3 Å². The average molecular weight is 631 g/mol. The van der Waals surface area contributed by atoms with Gasteiger partial charge in [-0.3, -0.25) is 4.90 Å². The molecule has 0 amide bonds. The quantitative estimate of drug-likeness (QED) is 0.484. The monoisotopic (exact) mass is 630 g/mol. The maximum atomic E-state index is 12.7. The van der Waals surface area contributed by atoms with Gasteiger partial charge in [0.15, 0.2) is 0 Å². The smallest absolute Gasteiger partial charge is 0.475 e. The number of hydrogen-bond acceptors (Lipinski definition) is 6. The van der Waals surface area contributed by atoms with Crippen molar-refractivity contribution in [3.8, 4) is 11.3 Å². The Kier molecular flexibility index (Phi) is 11.2. The molecule has 2 aliphatic heterocycles. The number of sulfonamides is 1. The summed E-state index contributed by atoms with van der Waals surface area (Å²) in [5.41, 5.74) is 2.14. The normalized spacial score (nSPS) is 17.5. The fraction of sp³-hybridized carbons (Fsp3) is 0.560. The van der Waals surface area contributed by atoms with Crippen LogP contribution < -0.4 is 0 Å². The van der Waals surface area contributed by atoms with Gasteiger partial charge in [-0.1, -0.05) is 44.2 Å². The van der Waals surface area contributed by atoms with Gasteiger partial charge in [0.25, 0.3) is 0 Å². The molecule has 0 unspecified atom stereocenters. The zero-order valence-corrected chi connectivity index (χ0v) is 23.8. The Morgan fingerprint density at radius 1 is 0.929 bits per heavy atom. The molecule has 17 heteroatoms. The van der Waals surface area contributed by atoms with Crippen molar-refractivity contribution in [1.82, 2.24) is 18.8 Å². The fourth-order valence-corrected chi connectivity index (χ4v) is 6.51. The lowest BCUT2D eigenvalue weighted by Gasteiger charge is -2.49. The highest BCUT2D eigenvalue weighted by Crippen LogP contribution is 2.42. The minimum Gasteiger partial charge on any atom is -0.475 e. The molecule has 1 fully saturated rings. The molecule has 42 heavy (non-hydrogen) atoms. The van der Waals surface area contributed by atoms with E-state index in [1.165, 1.54) is 5.56 Å². The van der Waals surface area contributed by atoms with E-state index in [-0.39, 0.29) is 17.2 Å². The Hall–Kier alpha value is -3.18. The van der Waals surface area contributed by atoms with E-state index in [0.29, 0.717) is 13.1 Å². The second-order valence-corrected chi connectivity index (χ2v) is 12.1. The van der Waals surface area contributed by atoms with Gasteiger partial charge in [0.2, 0.25) is 10.0 Å². The lowest BCUT2D eigenvalue weighted by molar-refractivity contribution is -0.193. The zero-order valence-electron chi connectivity index (χ0n) is 23.0. The molecule has 2 aliphatic rings. The number of carbonyl (C=O) groups is 2. The molecule has 2 aromatic rings. The number of imidazole rings is 1. The molecule has 2 N–H and O–H groups in total. The molecule has 3 heterocycles. The van der Waals surface area contributed by atoms with Gasteiger partial charge in [0, 0.05) is 26.2 Å². The van der Waals surface area contributed by atoms with E-state index in [9.17, 15) is 34.8 Å². The van der Waals surface area contributed by atoms with Crippen molar-refractivity contribution in [3.63, 3.8) is 0 Å². The minimum absolute atomic E-state index is 0.144. The predicted molar refractivity (Wildman–Crippen MR) is 139 cm³/mol. The largest absolute Gasteiger partial charge is 0.490 e. The Balaban J connectivity index is 0.000000367. The van der Waals surface area contributed by atoms with Gasteiger partial charge in [0.1, 0.15) is 5.82 Å². The Labute approximate surface area is 238 Å². The number of halogens is 6. The number of fused-ring (bicyclic) bond motifs is 2. The van der Waals surface area contributed by atoms with Crippen LogP contribution in [0.25, 0.3) is 11.3 Å². The van der Waals surface area contributed by atoms with E-state index in [1.54, 1.807) is 4.31 Å². The van der Waals surface area contributed by atoms with Crippen LogP contribution in [0.3, 0.4) is 0 Å². The molecule has 0 radical (unpaired) electrons. The predicted octanol–water partition coefficient (Wildman–Crippen LogP) is 4.04. The fourth-order valence-electron chi connectivity index (χ4n) is 4.71. The highest BCUT2D eigenvalue weighted by molar-refractivity contribution is 7.89. The molecule has 236 valence electrons. The minimum atomic E-state index is -5.08. The highest BCUT2D eigenvalue weighted by atomic mass is 32.2. The molecule has 0 saturated carbocycles. The summed E-state index contributed by atoms with van der Waals surface area (Å²) in [5.74, 6) is -4.06. The molecule has 4 rings (SSSR count). The van der Waals surface area contributed by atoms with Gasteiger partial charge in [-0.2, -0.15) is 26.3 Å². The number of benzene rings is 1. The number of carboxylic acid groups (broad SMARTS) is 2. The Bertz CT molecular complexity index is 1300. The third kappa shape index (κ3) is 8.67. The van der Waals surface area contributed by atoms with E-state index < -0.39 is 34.3 Å². The Morgan fingerprint density at radius 2 is 1.40 bits per heavy atom. The number of aromatic nitrogens is 2. The molecule has 1 aromatic heterocycles. The number of rotatable bonds is 4. The molecule has 0 bridgehead atoms. The first-order valence-electron chi connectivity index (χ1n) is 12.6. The van der Waals surface area contributed by atoms with Crippen molar-refractivity contribution in [2.24, 2.45) is 5.92 Å². The summed E-state index contributed by atoms with van der Waals surface area (Å²) < 4.78 is 92.8. The summed E-state index contributed by atoms with van der Waals surface area (Å²) in [6.45, 7) is 6.90. The second kappa shape index (κ2) is 13.4. The van der Waals surface area contributed by atoms with Gasteiger partial charge >= 0.3 is 24.3 Å². The molecule has 1 spiro atoms. The summed E-state index contributed by atoms with van der Waals surface area (Å²) >= 11 is 0. The van der Waals surface area contributed by atoms with Crippen LogP contribution in [0.15, 0.2) is 36.5 Å². The third-order valence-electron chi connectivity index (χ3n) is 6.70. The van der Waals surface area contributed by atoms with E-state index in [4.69, 9.17) is 24.8 Å². The van der Waals surface area contributed by atoms with Gasteiger partial charge in [-0.15, -0.1) is 0 Å². The Morgan fingerprint density at radius 3 is 1.83 bits per heavy atom. The first-order chi connectivity index (χ1) is 19.2. The second-order valence-electron chi connectivity index (χ2n) is 10.1. The van der Waals surface area contributed by atoms with Gasteiger partial charge in [-0.05, 0) is 31.4 Å². The van der Waals surface area contributed by atoms with Gasteiger partial charge < -0.3 is 14.8 Å². The number of alkyl halides is 6. The summed E-state index contributed by atoms with van der Waals surface area (Å²) in [4.78, 5) is 25.0. The van der Waals surface area contributed by atoms with Crippen LogP contribution in [0.5, 0.6) is 0 Å². The van der Waals surface area contributed by atoms with Crippen LogP contribution in [-0.2, 0) is 31.7 Å². The van der Waals surface area contributed by atoms with Crippen molar-refractivity contribution in [2.45, 2.75) is 51.1 Å². The number of hydrogen-bond donors (Lipinski definition) is 2. The maximum Gasteiger partial charge on any atom is 0.490 e. The summed E-state index contributed by atoms with van der Waals surface area (Å²) in [6, 6.07) is 10.4. The molecule has 1 aromatic carbocycles. The number of aliphatic carboxylic acids is 2. The zero-order chi connectivity index (χ0) is 32.1. The van der Waals surface area contributed by atoms with E-state index in [2.05, 4.69) is 40.8 Å². The van der Waals surface area contributed by atoms with Crippen LogP contribution in [0.1, 0.15) is 32.5 Å². The summed E-state index contributed by atoms with van der Waals surface area (Å²) in [7, 11) is -1.03. The van der Waals surface area contributed by atoms with Crippen LogP contribution in [-0.4, -0.2) is 94.1 Å². The van der Waals surface area contributed by atoms with E-state index in [0.717, 1.165) is 37.4 Å². The summed E-state index contributed by atoms with van der Waals surface area (Å²) in [6.07, 6.45) is -6.62. The molecule has 0 atom stereocenters. The topological polar surface area (TPSA) is 133 Å². The van der Waals surface area contributed by atoms with Crippen molar-refractivity contribution in [3.05, 3.63) is 42.4 Å². The molecule has 1 saturated heterocycles. The number of likely N-dealkylation sites (N-methyl/N-ethyl adjacent to an activating group) is 1. The molecular formula is C25H32F6N4O6S. The highest BCUT2D eigenvalue weighted by Gasteiger charge is 2.47.